The molecule has 2 aliphatic carbocycles. The van der Waals surface area contributed by atoms with Gasteiger partial charge in [-0.05, 0) is 60.6 Å². The zero-order valence-corrected chi connectivity index (χ0v) is 12.6. The SMILES string of the molecule is CCCNC1C2CCCc3ccccc3C2C1(C)C. The van der Waals surface area contributed by atoms with Crippen molar-refractivity contribution >= 4 is 0 Å². The number of hydrogen-bond donors (Lipinski definition) is 1. The lowest BCUT2D eigenvalue weighted by molar-refractivity contribution is -0.0137. The first kappa shape index (κ1) is 13.2. The van der Waals surface area contributed by atoms with Crippen LogP contribution in [-0.2, 0) is 6.42 Å². The summed E-state index contributed by atoms with van der Waals surface area (Å²) < 4.78 is 0. The third kappa shape index (κ3) is 2.03. The van der Waals surface area contributed by atoms with Crippen LogP contribution in [0.25, 0.3) is 0 Å². The molecule has 3 unspecified atom stereocenters. The van der Waals surface area contributed by atoms with Crippen LogP contribution >= 0.6 is 0 Å². The minimum atomic E-state index is 0.403. The molecule has 1 aromatic rings. The van der Waals surface area contributed by atoms with Crippen LogP contribution in [-0.4, -0.2) is 12.6 Å². The molecule has 0 radical (unpaired) electrons. The molecule has 1 aromatic carbocycles. The Morgan fingerprint density at radius 3 is 2.84 bits per heavy atom. The number of rotatable bonds is 3. The van der Waals surface area contributed by atoms with Gasteiger partial charge in [-0.1, -0.05) is 45.0 Å². The molecule has 1 N–H and O–H groups in total. The third-order valence-electron chi connectivity index (χ3n) is 5.45. The number of aryl methyl sites for hydroxylation is 1. The topological polar surface area (TPSA) is 12.0 Å². The van der Waals surface area contributed by atoms with E-state index < -0.39 is 0 Å². The fourth-order valence-corrected chi connectivity index (χ4v) is 4.64. The van der Waals surface area contributed by atoms with E-state index in [1.54, 1.807) is 11.1 Å². The van der Waals surface area contributed by atoms with Crippen molar-refractivity contribution < 1.29 is 0 Å². The molecule has 19 heavy (non-hydrogen) atoms. The molecule has 0 aliphatic heterocycles. The maximum absolute atomic E-state index is 3.82. The van der Waals surface area contributed by atoms with Crippen LogP contribution in [0.2, 0.25) is 0 Å². The lowest BCUT2D eigenvalue weighted by Gasteiger charge is -2.59. The van der Waals surface area contributed by atoms with Crippen LogP contribution in [0.5, 0.6) is 0 Å². The summed E-state index contributed by atoms with van der Waals surface area (Å²) in [5, 5.41) is 3.82. The van der Waals surface area contributed by atoms with E-state index >= 15 is 0 Å². The van der Waals surface area contributed by atoms with Crippen LogP contribution in [0, 0.1) is 11.3 Å². The van der Waals surface area contributed by atoms with Crippen molar-refractivity contribution in [3.8, 4) is 0 Å². The minimum Gasteiger partial charge on any atom is -0.313 e. The average Bonchev–Trinajstić information content (AvgIpc) is 2.56. The smallest absolute Gasteiger partial charge is 0.0158 e. The monoisotopic (exact) mass is 257 g/mol. The molecule has 0 aromatic heterocycles. The largest absolute Gasteiger partial charge is 0.313 e. The van der Waals surface area contributed by atoms with Gasteiger partial charge in [0, 0.05) is 6.04 Å². The molecule has 3 atom stereocenters. The van der Waals surface area contributed by atoms with Gasteiger partial charge < -0.3 is 5.32 Å². The van der Waals surface area contributed by atoms with E-state index in [9.17, 15) is 0 Å². The molecule has 104 valence electrons. The molecule has 2 aliphatic rings. The molecule has 1 saturated carbocycles. The summed E-state index contributed by atoms with van der Waals surface area (Å²) in [6, 6.07) is 9.88. The summed E-state index contributed by atoms with van der Waals surface area (Å²) in [6.45, 7) is 8.35. The third-order valence-corrected chi connectivity index (χ3v) is 5.45. The first-order chi connectivity index (χ1) is 9.16. The van der Waals surface area contributed by atoms with E-state index in [-0.39, 0.29) is 0 Å². The van der Waals surface area contributed by atoms with Crippen molar-refractivity contribution in [1.29, 1.82) is 0 Å². The summed E-state index contributed by atoms with van der Waals surface area (Å²) in [5.41, 5.74) is 3.65. The van der Waals surface area contributed by atoms with Crippen LogP contribution in [0.15, 0.2) is 24.3 Å². The van der Waals surface area contributed by atoms with E-state index in [1.807, 2.05) is 0 Å². The van der Waals surface area contributed by atoms with Gasteiger partial charge in [0.15, 0.2) is 0 Å². The Balaban J connectivity index is 1.90. The van der Waals surface area contributed by atoms with Crippen LogP contribution < -0.4 is 5.32 Å². The standard InChI is InChI=1S/C18H27N/c1-4-12-19-17-15-11-7-9-13-8-5-6-10-14(13)16(15)18(17,2)3/h5-6,8,10,15-17,19H,4,7,9,11-12H2,1-3H3. The van der Waals surface area contributed by atoms with Gasteiger partial charge >= 0.3 is 0 Å². The summed E-state index contributed by atoms with van der Waals surface area (Å²) in [7, 11) is 0. The minimum absolute atomic E-state index is 0.403. The van der Waals surface area contributed by atoms with E-state index in [2.05, 4.69) is 50.4 Å². The fraction of sp³-hybridized carbons (Fsp3) is 0.667. The van der Waals surface area contributed by atoms with Gasteiger partial charge in [0.25, 0.3) is 0 Å². The number of hydrogen-bond acceptors (Lipinski definition) is 1. The number of benzene rings is 1. The van der Waals surface area contributed by atoms with Crippen molar-refractivity contribution in [2.75, 3.05) is 6.54 Å². The van der Waals surface area contributed by atoms with Gasteiger partial charge in [-0.3, -0.25) is 0 Å². The van der Waals surface area contributed by atoms with E-state index in [1.165, 1.54) is 32.2 Å². The van der Waals surface area contributed by atoms with Crippen molar-refractivity contribution in [3.63, 3.8) is 0 Å². The van der Waals surface area contributed by atoms with Crippen LogP contribution in [0.3, 0.4) is 0 Å². The highest BCUT2D eigenvalue weighted by Crippen LogP contribution is 2.59. The Morgan fingerprint density at radius 1 is 1.26 bits per heavy atom. The van der Waals surface area contributed by atoms with E-state index in [4.69, 9.17) is 0 Å². The molecule has 0 spiro atoms. The first-order valence-corrected chi connectivity index (χ1v) is 7.97. The lowest BCUT2D eigenvalue weighted by Crippen LogP contribution is -2.62. The number of nitrogens with one attached hydrogen (secondary N) is 1. The summed E-state index contributed by atoms with van der Waals surface area (Å²) in [5.74, 6) is 1.62. The van der Waals surface area contributed by atoms with Gasteiger partial charge in [-0.2, -0.15) is 0 Å². The quantitative estimate of drug-likeness (QED) is 0.858. The Bertz CT molecular complexity index is 449. The van der Waals surface area contributed by atoms with Crippen molar-refractivity contribution in [1.82, 2.24) is 5.32 Å². The first-order valence-electron chi connectivity index (χ1n) is 7.97. The Labute approximate surface area is 117 Å². The van der Waals surface area contributed by atoms with Crippen molar-refractivity contribution in [3.05, 3.63) is 35.4 Å². The molecule has 1 fully saturated rings. The molecule has 0 heterocycles. The second-order valence-electron chi connectivity index (χ2n) is 6.99. The highest BCUT2D eigenvalue weighted by molar-refractivity contribution is 5.38. The van der Waals surface area contributed by atoms with Gasteiger partial charge in [-0.15, -0.1) is 0 Å². The predicted molar refractivity (Wildman–Crippen MR) is 81.5 cm³/mol. The number of fused-ring (bicyclic) bond motifs is 3. The molecular weight excluding hydrogens is 230 g/mol. The van der Waals surface area contributed by atoms with Gasteiger partial charge in [0.1, 0.15) is 0 Å². The zero-order chi connectivity index (χ0) is 13.5. The van der Waals surface area contributed by atoms with Crippen molar-refractivity contribution in [2.24, 2.45) is 11.3 Å². The normalized spacial score (nSPS) is 31.8. The molecule has 0 bridgehead atoms. The lowest BCUT2D eigenvalue weighted by atomic mass is 9.49. The van der Waals surface area contributed by atoms with Gasteiger partial charge in [0.05, 0.1) is 0 Å². The zero-order valence-electron chi connectivity index (χ0n) is 12.6. The molecule has 1 nitrogen and oxygen atoms in total. The maximum Gasteiger partial charge on any atom is 0.0158 e. The van der Waals surface area contributed by atoms with Crippen LogP contribution in [0.4, 0.5) is 0 Å². The van der Waals surface area contributed by atoms with Gasteiger partial charge in [-0.25, -0.2) is 0 Å². The van der Waals surface area contributed by atoms with E-state index in [0.717, 1.165) is 11.8 Å². The predicted octanol–water partition coefficient (Wildman–Crippen LogP) is 4.13. The van der Waals surface area contributed by atoms with Crippen LogP contribution in [0.1, 0.15) is 57.1 Å². The van der Waals surface area contributed by atoms with Crippen molar-refractivity contribution in [2.45, 2.75) is 58.4 Å². The molecule has 0 amide bonds. The highest BCUT2D eigenvalue weighted by atomic mass is 15.0. The summed E-state index contributed by atoms with van der Waals surface area (Å²) >= 11 is 0. The molecular formula is C18H27N. The average molecular weight is 257 g/mol. The Kier molecular flexibility index (Phi) is 3.42. The second kappa shape index (κ2) is 4.94. The second-order valence-corrected chi connectivity index (χ2v) is 6.99. The highest BCUT2D eigenvalue weighted by Gasteiger charge is 2.56. The van der Waals surface area contributed by atoms with Gasteiger partial charge in [0.2, 0.25) is 0 Å². The van der Waals surface area contributed by atoms with E-state index in [0.29, 0.717) is 11.5 Å². The molecule has 3 rings (SSSR count). The fourth-order valence-electron chi connectivity index (χ4n) is 4.64. The Hall–Kier alpha value is -0.820. The summed E-state index contributed by atoms with van der Waals surface area (Å²) in [4.78, 5) is 0. The summed E-state index contributed by atoms with van der Waals surface area (Å²) in [6.07, 6.45) is 5.27. The molecule has 1 heteroatoms. The maximum atomic E-state index is 3.82. The Morgan fingerprint density at radius 2 is 2.05 bits per heavy atom. The molecule has 0 saturated heterocycles.